The van der Waals surface area contributed by atoms with Crippen molar-refractivity contribution in [1.29, 1.82) is 0 Å². The van der Waals surface area contributed by atoms with Gasteiger partial charge in [0, 0.05) is 0 Å². The molecule has 0 unspecified atom stereocenters. The summed E-state index contributed by atoms with van der Waals surface area (Å²) in [5.74, 6) is 0. The molecule has 0 aliphatic rings. The molecule has 0 atom stereocenters. The molecule has 0 heterocycles. The molecule has 0 aromatic carbocycles. The van der Waals surface area contributed by atoms with Gasteiger partial charge in [0.1, 0.15) is 0 Å². The topological polar surface area (TPSA) is 0 Å². The molecule has 0 rings (SSSR count). The van der Waals surface area contributed by atoms with Crippen molar-refractivity contribution in [2.75, 3.05) is 0 Å². The van der Waals surface area contributed by atoms with Crippen molar-refractivity contribution < 1.29 is 0 Å². The highest BCUT2D eigenvalue weighted by atomic mass is 13.4. The summed E-state index contributed by atoms with van der Waals surface area (Å²) in [7, 11) is 0. The third-order valence-corrected chi connectivity index (χ3v) is 0. The van der Waals surface area contributed by atoms with Gasteiger partial charge in [-0.2, -0.15) is 0 Å². The van der Waals surface area contributed by atoms with Crippen molar-refractivity contribution in [2.45, 2.75) is 54.4 Å². The maximum atomic E-state index is 3.36. The summed E-state index contributed by atoms with van der Waals surface area (Å²) in [6.45, 7) is 19.0. The quantitative estimate of drug-likeness (QED) is 0.440. The zero-order chi connectivity index (χ0) is 10.8. The lowest BCUT2D eigenvalue weighted by atomic mass is 10.6. The van der Waals surface area contributed by atoms with Gasteiger partial charge in [-0.15, -0.1) is 13.2 Å². The summed E-state index contributed by atoms with van der Waals surface area (Å²) >= 11 is 0. The molecule has 0 saturated carbocycles. The van der Waals surface area contributed by atoms with Gasteiger partial charge in [0.15, 0.2) is 0 Å². The molecule has 0 aliphatic heterocycles. The van der Waals surface area contributed by atoms with Crippen LogP contribution in [0.5, 0.6) is 0 Å². The minimum absolute atomic E-state index is 1.25. The lowest BCUT2D eigenvalue weighted by molar-refractivity contribution is 1.09. The Labute approximate surface area is 80.4 Å². The Morgan fingerprint density at radius 2 is 0.750 bits per heavy atom. The van der Waals surface area contributed by atoms with Gasteiger partial charge >= 0.3 is 0 Å². The fourth-order valence-electron chi connectivity index (χ4n) is 0. The Bertz CT molecular complexity index is 36.0. The molecular formula is C12H28. The summed E-state index contributed by atoms with van der Waals surface area (Å²) in [5.41, 5.74) is 0. The maximum Gasteiger partial charge on any atom is -0.0473 e. The van der Waals surface area contributed by atoms with Crippen LogP contribution < -0.4 is 0 Å². The fourth-order valence-corrected chi connectivity index (χ4v) is 0. The Balaban J connectivity index is -0.0000000356. The molecule has 0 bridgehead atoms. The van der Waals surface area contributed by atoms with E-state index in [-0.39, 0.29) is 0 Å². The largest absolute Gasteiger partial charge is 0.103 e. The molecule has 0 aliphatic carbocycles. The summed E-state index contributed by atoms with van der Waals surface area (Å²) in [6.07, 6.45) is 6.00. The first-order chi connectivity index (χ1) is 5.66. The highest BCUT2D eigenvalue weighted by molar-refractivity contribution is 4.51. The zero-order valence-corrected chi connectivity index (χ0v) is 9.98. The first kappa shape index (κ1) is 22.5. The summed E-state index contributed by atoms with van der Waals surface area (Å²) in [6, 6.07) is 0. The van der Waals surface area contributed by atoms with E-state index in [4.69, 9.17) is 0 Å². The highest BCUT2D eigenvalue weighted by Gasteiger charge is 1.36. The van der Waals surface area contributed by atoms with Crippen molar-refractivity contribution in [2.24, 2.45) is 0 Å². The normalized spacial score (nSPS) is 5.17. The van der Waals surface area contributed by atoms with Gasteiger partial charge in [0.25, 0.3) is 0 Å². The standard InChI is InChI=1S/2C3H8.2C3H6/c4*1-3-2/h2*3H2,1-2H3;2*3H,1H2,2H3. The van der Waals surface area contributed by atoms with Gasteiger partial charge in [-0.3, -0.25) is 0 Å². The Hall–Kier alpha value is -0.520. The summed E-state index contributed by atoms with van der Waals surface area (Å²) in [4.78, 5) is 0. The van der Waals surface area contributed by atoms with E-state index in [0.29, 0.717) is 0 Å². The monoisotopic (exact) mass is 172 g/mol. The van der Waals surface area contributed by atoms with Crippen LogP contribution in [-0.2, 0) is 0 Å². The molecule has 0 fully saturated rings. The fraction of sp³-hybridized carbons (Fsp3) is 0.667. The lowest BCUT2D eigenvalue weighted by Gasteiger charge is -1.48. The average Bonchev–Trinajstić information content (AvgIpc) is 1.92. The van der Waals surface area contributed by atoms with E-state index < -0.39 is 0 Å². The van der Waals surface area contributed by atoms with Crippen LogP contribution in [0.3, 0.4) is 0 Å². The second kappa shape index (κ2) is 77.8. The number of rotatable bonds is 0. The third-order valence-electron chi connectivity index (χ3n) is 0. The Kier molecular flexibility index (Phi) is 146. The minimum atomic E-state index is 1.25. The Morgan fingerprint density at radius 1 is 0.750 bits per heavy atom. The lowest BCUT2D eigenvalue weighted by Crippen LogP contribution is -1.27. The summed E-state index contributed by atoms with van der Waals surface area (Å²) < 4.78 is 0. The molecule has 0 heteroatoms. The van der Waals surface area contributed by atoms with Gasteiger partial charge in [0.2, 0.25) is 0 Å². The van der Waals surface area contributed by atoms with Crippen molar-refractivity contribution >= 4 is 0 Å². The predicted molar refractivity (Wildman–Crippen MR) is 63.7 cm³/mol. The van der Waals surface area contributed by atoms with Crippen molar-refractivity contribution in [3.8, 4) is 0 Å². The van der Waals surface area contributed by atoms with Crippen molar-refractivity contribution in [1.82, 2.24) is 0 Å². The molecule has 12 heavy (non-hydrogen) atoms. The number of hydrogen-bond acceptors (Lipinski definition) is 0. The predicted octanol–water partition coefficient (Wildman–Crippen LogP) is 5.22. The third kappa shape index (κ3) is 2520. The van der Waals surface area contributed by atoms with Crippen LogP contribution in [0.1, 0.15) is 54.4 Å². The van der Waals surface area contributed by atoms with Gasteiger partial charge < -0.3 is 0 Å². The second-order valence-corrected chi connectivity index (χ2v) is 2.23. The molecule has 0 aromatic heterocycles. The average molecular weight is 172 g/mol. The van der Waals surface area contributed by atoms with Crippen molar-refractivity contribution in [3.63, 3.8) is 0 Å². The molecule has 0 spiro atoms. The van der Waals surface area contributed by atoms with Crippen LogP contribution in [0.4, 0.5) is 0 Å². The van der Waals surface area contributed by atoms with E-state index in [9.17, 15) is 0 Å². The van der Waals surface area contributed by atoms with Crippen molar-refractivity contribution in [3.05, 3.63) is 25.3 Å². The molecule has 0 aromatic rings. The number of hydrogen-bond donors (Lipinski definition) is 0. The molecule has 0 amide bonds. The van der Waals surface area contributed by atoms with Crippen LogP contribution in [-0.4, -0.2) is 0 Å². The smallest absolute Gasteiger partial charge is 0.0473 e. The SMILES string of the molecule is C=CC.C=CC.CCC.CCC. The van der Waals surface area contributed by atoms with Gasteiger partial charge in [0.05, 0.1) is 0 Å². The molecular weight excluding hydrogens is 144 g/mol. The van der Waals surface area contributed by atoms with Gasteiger partial charge in [-0.1, -0.05) is 52.7 Å². The molecule has 76 valence electrons. The van der Waals surface area contributed by atoms with Crippen LogP contribution >= 0.6 is 0 Å². The van der Waals surface area contributed by atoms with E-state index >= 15 is 0 Å². The van der Waals surface area contributed by atoms with E-state index in [1.54, 1.807) is 12.2 Å². The molecule has 0 N–H and O–H groups in total. The molecule has 0 radical (unpaired) electrons. The van der Waals surface area contributed by atoms with E-state index in [1.807, 2.05) is 13.8 Å². The molecule has 0 saturated heterocycles. The molecule has 0 nitrogen and oxygen atoms in total. The first-order valence-corrected chi connectivity index (χ1v) is 4.80. The van der Waals surface area contributed by atoms with Crippen LogP contribution in [0.2, 0.25) is 0 Å². The van der Waals surface area contributed by atoms with Crippen LogP contribution in [0.25, 0.3) is 0 Å². The maximum absolute atomic E-state index is 3.36. The second-order valence-electron chi connectivity index (χ2n) is 2.23. The summed E-state index contributed by atoms with van der Waals surface area (Å²) in [5, 5.41) is 0. The van der Waals surface area contributed by atoms with Crippen LogP contribution in [0, 0.1) is 0 Å². The van der Waals surface area contributed by atoms with Gasteiger partial charge in [-0.25, -0.2) is 0 Å². The minimum Gasteiger partial charge on any atom is -0.103 e. The van der Waals surface area contributed by atoms with Gasteiger partial charge in [-0.05, 0) is 13.8 Å². The van der Waals surface area contributed by atoms with E-state index in [0.717, 1.165) is 0 Å². The number of allylic oxidation sites excluding steroid dienone is 2. The van der Waals surface area contributed by atoms with Crippen LogP contribution in [0.15, 0.2) is 25.3 Å². The Morgan fingerprint density at radius 3 is 0.750 bits per heavy atom. The zero-order valence-electron chi connectivity index (χ0n) is 9.98. The highest BCUT2D eigenvalue weighted by Crippen LogP contribution is 1.56. The van der Waals surface area contributed by atoms with E-state index in [2.05, 4.69) is 40.9 Å². The van der Waals surface area contributed by atoms with E-state index in [1.165, 1.54) is 12.8 Å². The first-order valence-electron chi connectivity index (χ1n) is 4.80.